The largest absolute Gasteiger partial charge is 0.478 e. The van der Waals surface area contributed by atoms with Crippen LogP contribution in [-0.2, 0) is 11.8 Å². The number of carbonyl (C=O) groups is 1. The average molecular weight is 467 g/mol. The number of hydrogen-bond acceptors (Lipinski definition) is 7. The number of aromatic nitrogens is 5. The third-order valence-corrected chi connectivity index (χ3v) is 5.86. The molecular weight excluding hydrogens is 444 g/mol. The molecule has 0 spiro atoms. The van der Waals surface area contributed by atoms with Crippen molar-refractivity contribution in [1.29, 1.82) is 0 Å². The Morgan fingerprint density at radius 2 is 2.21 bits per heavy atom. The Morgan fingerprint density at radius 1 is 1.33 bits per heavy atom. The summed E-state index contributed by atoms with van der Waals surface area (Å²) in [4.78, 5) is 24.8. The van der Waals surface area contributed by atoms with E-state index in [1.54, 1.807) is 31.2 Å². The van der Waals surface area contributed by atoms with E-state index in [2.05, 4.69) is 36.0 Å². The van der Waals surface area contributed by atoms with Gasteiger partial charge in [0.15, 0.2) is 0 Å². The Kier molecular flexibility index (Phi) is 5.61. The summed E-state index contributed by atoms with van der Waals surface area (Å²) in [6.45, 7) is 0.864. The fourth-order valence-electron chi connectivity index (χ4n) is 4.02. The van der Waals surface area contributed by atoms with Gasteiger partial charge in [-0.15, -0.1) is 5.10 Å². The number of fused-ring (bicyclic) bond motifs is 1. The number of aromatic amines is 1. The van der Waals surface area contributed by atoms with Crippen molar-refractivity contribution in [1.82, 2.24) is 30.0 Å². The maximum absolute atomic E-state index is 12.6. The molecule has 4 heterocycles. The van der Waals surface area contributed by atoms with Crippen LogP contribution in [0.2, 0.25) is 5.02 Å². The quantitative estimate of drug-likeness (QED) is 0.343. The van der Waals surface area contributed by atoms with E-state index in [4.69, 9.17) is 16.3 Å². The lowest BCUT2D eigenvalue weighted by Gasteiger charge is -2.12. The van der Waals surface area contributed by atoms with Gasteiger partial charge >= 0.3 is 0 Å². The zero-order valence-corrected chi connectivity index (χ0v) is 18.9. The summed E-state index contributed by atoms with van der Waals surface area (Å²) < 4.78 is 6.92. The molecule has 0 unspecified atom stereocenters. The number of anilines is 3. The van der Waals surface area contributed by atoms with Gasteiger partial charge in [0.1, 0.15) is 5.69 Å². The normalized spacial score (nSPS) is 15.7. The minimum atomic E-state index is -0.163. The zero-order valence-electron chi connectivity index (χ0n) is 18.1. The summed E-state index contributed by atoms with van der Waals surface area (Å²) in [5, 5.41) is 14.9. The summed E-state index contributed by atoms with van der Waals surface area (Å²) in [5.74, 6) is 0.752. The first-order valence-corrected chi connectivity index (χ1v) is 10.9. The van der Waals surface area contributed by atoms with Crippen molar-refractivity contribution < 1.29 is 9.53 Å². The van der Waals surface area contributed by atoms with Crippen LogP contribution in [0.1, 0.15) is 12.8 Å². The Bertz CT molecular complexity index is 1330. The molecule has 1 amide bonds. The van der Waals surface area contributed by atoms with E-state index >= 15 is 0 Å². The minimum Gasteiger partial charge on any atom is -0.478 e. The predicted molar refractivity (Wildman–Crippen MR) is 127 cm³/mol. The third kappa shape index (κ3) is 4.10. The van der Waals surface area contributed by atoms with Gasteiger partial charge in [0.25, 0.3) is 5.88 Å². The summed E-state index contributed by atoms with van der Waals surface area (Å²) in [7, 11) is 3.35. The van der Waals surface area contributed by atoms with Gasteiger partial charge in [-0.3, -0.25) is 9.48 Å². The SMILES string of the molecule is COc1nn(C)cc1Nc1ncc(Cl)c(-c2c[nH]c3c(NC(=O)[C@@H]4CCCN4)cccc23)n1. The first-order valence-electron chi connectivity index (χ1n) is 10.6. The van der Waals surface area contributed by atoms with E-state index in [1.165, 1.54) is 0 Å². The third-order valence-electron chi connectivity index (χ3n) is 5.58. The van der Waals surface area contributed by atoms with E-state index in [9.17, 15) is 4.79 Å². The first kappa shape index (κ1) is 21.2. The molecule has 3 aromatic heterocycles. The van der Waals surface area contributed by atoms with Gasteiger partial charge in [-0.2, -0.15) is 0 Å². The second-order valence-electron chi connectivity index (χ2n) is 7.81. The number of aryl methyl sites for hydroxylation is 1. The highest BCUT2D eigenvalue weighted by molar-refractivity contribution is 6.33. The number of amides is 1. The molecule has 11 heteroatoms. The Labute approximate surface area is 194 Å². The molecule has 1 atom stereocenters. The molecule has 1 aliphatic rings. The first-order chi connectivity index (χ1) is 16.0. The number of nitrogens with one attached hydrogen (secondary N) is 4. The molecule has 0 saturated carbocycles. The number of para-hydroxylation sites is 1. The molecule has 4 aromatic rings. The smallest absolute Gasteiger partial charge is 0.256 e. The highest BCUT2D eigenvalue weighted by Crippen LogP contribution is 2.35. The number of benzene rings is 1. The van der Waals surface area contributed by atoms with Crippen LogP contribution in [0.3, 0.4) is 0 Å². The maximum atomic E-state index is 12.6. The number of ether oxygens (including phenoxy) is 1. The predicted octanol–water partition coefficient (Wildman–Crippen LogP) is 3.45. The molecule has 1 fully saturated rings. The average Bonchev–Trinajstić information content (AvgIpc) is 3.55. The van der Waals surface area contributed by atoms with Crippen LogP contribution >= 0.6 is 11.6 Å². The number of methoxy groups -OCH3 is 1. The van der Waals surface area contributed by atoms with E-state index < -0.39 is 0 Å². The summed E-state index contributed by atoms with van der Waals surface area (Å²) >= 11 is 6.48. The van der Waals surface area contributed by atoms with E-state index in [-0.39, 0.29) is 11.9 Å². The van der Waals surface area contributed by atoms with Gasteiger partial charge in [-0.05, 0) is 25.5 Å². The Hall–Kier alpha value is -3.63. The van der Waals surface area contributed by atoms with Crippen LogP contribution in [0.4, 0.5) is 17.3 Å². The van der Waals surface area contributed by atoms with Crippen molar-refractivity contribution in [3.8, 4) is 17.1 Å². The fourth-order valence-corrected chi connectivity index (χ4v) is 4.22. The van der Waals surface area contributed by atoms with Crippen LogP contribution in [0.15, 0.2) is 36.8 Å². The number of H-pyrrole nitrogens is 1. The molecule has 1 saturated heterocycles. The van der Waals surface area contributed by atoms with Crippen LogP contribution < -0.4 is 20.7 Å². The maximum Gasteiger partial charge on any atom is 0.256 e. The van der Waals surface area contributed by atoms with Gasteiger partial charge in [0, 0.05) is 24.2 Å². The lowest BCUT2D eigenvalue weighted by molar-refractivity contribution is -0.117. The molecule has 4 N–H and O–H groups in total. The molecule has 0 aliphatic carbocycles. The Morgan fingerprint density at radius 3 is 3.00 bits per heavy atom. The van der Waals surface area contributed by atoms with Crippen LogP contribution in [-0.4, -0.2) is 50.3 Å². The number of halogens is 1. The highest BCUT2D eigenvalue weighted by Gasteiger charge is 2.23. The molecule has 1 aromatic carbocycles. The number of carbonyl (C=O) groups excluding carboxylic acids is 1. The van der Waals surface area contributed by atoms with Crippen LogP contribution in [0, 0.1) is 0 Å². The van der Waals surface area contributed by atoms with Crippen molar-refractivity contribution >= 4 is 45.7 Å². The molecular formula is C22H23ClN8O2. The standard InChI is InChI=1S/C22H23ClN8O2/c1-31-11-17(21(30-31)33-2)28-22-26-10-14(23)18(29-22)13-9-25-19-12(13)5-3-6-15(19)27-20(32)16-7-4-8-24-16/h3,5-6,9-11,16,24-25H,4,7-8H2,1-2H3,(H,27,32)(H,26,28,29)/t16-/m0/s1. The van der Waals surface area contributed by atoms with Gasteiger partial charge in [0.05, 0.1) is 47.5 Å². The fraction of sp³-hybridized carbons (Fsp3) is 0.273. The van der Waals surface area contributed by atoms with Gasteiger partial charge in [0.2, 0.25) is 11.9 Å². The second-order valence-corrected chi connectivity index (χ2v) is 8.22. The lowest BCUT2D eigenvalue weighted by atomic mass is 10.1. The van der Waals surface area contributed by atoms with Crippen molar-refractivity contribution in [3.05, 3.63) is 41.8 Å². The summed E-state index contributed by atoms with van der Waals surface area (Å²) in [6.07, 6.45) is 6.99. The topological polar surface area (TPSA) is 122 Å². The molecule has 10 nitrogen and oxygen atoms in total. The van der Waals surface area contributed by atoms with Crippen molar-refractivity contribution in [2.75, 3.05) is 24.3 Å². The molecule has 1 aliphatic heterocycles. The van der Waals surface area contributed by atoms with E-state index in [0.717, 1.165) is 35.9 Å². The van der Waals surface area contributed by atoms with Crippen LogP contribution in [0.25, 0.3) is 22.2 Å². The number of hydrogen-bond donors (Lipinski definition) is 4. The van der Waals surface area contributed by atoms with Gasteiger partial charge < -0.3 is 25.7 Å². The summed E-state index contributed by atoms with van der Waals surface area (Å²) in [5.41, 5.74) is 3.51. The van der Waals surface area contributed by atoms with E-state index in [0.29, 0.717) is 33.9 Å². The Balaban J connectivity index is 1.47. The van der Waals surface area contributed by atoms with Gasteiger partial charge in [-0.1, -0.05) is 23.7 Å². The molecule has 5 rings (SSSR count). The van der Waals surface area contributed by atoms with Crippen LogP contribution in [0.5, 0.6) is 5.88 Å². The van der Waals surface area contributed by atoms with Crippen molar-refractivity contribution in [2.45, 2.75) is 18.9 Å². The zero-order chi connectivity index (χ0) is 22.9. The van der Waals surface area contributed by atoms with Crippen molar-refractivity contribution in [2.24, 2.45) is 7.05 Å². The summed E-state index contributed by atoms with van der Waals surface area (Å²) in [6, 6.07) is 5.56. The van der Waals surface area contributed by atoms with Crippen molar-refractivity contribution in [3.63, 3.8) is 0 Å². The number of nitrogens with zero attached hydrogens (tertiary/aromatic N) is 4. The molecule has 0 radical (unpaired) electrons. The highest BCUT2D eigenvalue weighted by atomic mass is 35.5. The van der Waals surface area contributed by atoms with E-state index in [1.807, 2.05) is 24.4 Å². The minimum absolute atomic E-state index is 0.0341. The van der Waals surface area contributed by atoms with Gasteiger partial charge in [-0.25, -0.2) is 9.97 Å². The monoisotopic (exact) mass is 466 g/mol. The molecule has 33 heavy (non-hydrogen) atoms. The lowest BCUT2D eigenvalue weighted by Crippen LogP contribution is -2.35. The number of rotatable bonds is 6. The molecule has 0 bridgehead atoms. The molecule has 170 valence electrons. The second kappa shape index (κ2) is 8.72.